The van der Waals surface area contributed by atoms with Crippen molar-refractivity contribution in [3.63, 3.8) is 0 Å². The molecule has 1 fully saturated rings. The van der Waals surface area contributed by atoms with E-state index in [4.69, 9.17) is 4.74 Å². The lowest BCUT2D eigenvalue weighted by Crippen LogP contribution is -2.04. The molecule has 0 saturated carbocycles. The molecule has 0 aliphatic carbocycles. The van der Waals surface area contributed by atoms with Gasteiger partial charge in [-0.1, -0.05) is 19.1 Å². The number of benzene rings is 1. The van der Waals surface area contributed by atoms with E-state index in [0.717, 1.165) is 18.4 Å². The number of ether oxygens (including phenoxy) is 1. The molecule has 1 saturated heterocycles. The Morgan fingerprint density at radius 3 is 2.59 bits per heavy atom. The molecule has 1 aromatic carbocycles. The lowest BCUT2D eigenvalue weighted by molar-refractivity contribution is 0.317. The molecule has 0 bridgehead atoms. The van der Waals surface area contributed by atoms with Crippen LogP contribution in [-0.2, 0) is 4.74 Å². The molecular formula is C15H22O2. The predicted octanol–water partition coefficient (Wildman–Crippen LogP) is 3.76. The average molecular weight is 234 g/mol. The van der Waals surface area contributed by atoms with Crippen LogP contribution in [0.4, 0.5) is 0 Å². The minimum atomic E-state index is 0.0924. The van der Waals surface area contributed by atoms with Gasteiger partial charge in [0.05, 0.1) is 11.7 Å². The van der Waals surface area contributed by atoms with Gasteiger partial charge in [0, 0.05) is 0 Å². The Morgan fingerprint density at radius 2 is 2.06 bits per heavy atom. The summed E-state index contributed by atoms with van der Waals surface area (Å²) >= 11 is 0. The summed E-state index contributed by atoms with van der Waals surface area (Å²) in [5, 5.41) is 9.70. The SMILES string of the molecule is Cc1ccc(C(C)CCC2OC2(C)C)cc1O. The highest BCUT2D eigenvalue weighted by Crippen LogP contribution is 2.40. The van der Waals surface area contributed by atoms with Crippen molar-refractivity contribution >= 4 is 0 Å². The highest BCUT2D eigenvalue weighted by Gasteiger charge is 2.46. The second-order valence-electron chi connectivity index (χ2n) is 5.73. The van der Waals surface area contributed by atoms with E-state index in [-0.39, 0.29) is 5.60 Å². The zero-order valence-electron chi connectivity index (χ0n) is 11.2. The lowest BCUT2D eigenvalue weighted by Gasteiger charge is -2.12. The number of phenolic OH excluding ortho intramolecular Hbond substituents is 1. The van der Waals surface area contributed by atoms with Crippen LogP contribution >= 0.6 is 0 Å². The third-order valence-electron chi connectivity index (χ3n) is 3.83. The molecule has 17 heavy (non-hydrogen) atoms. The summed E-state index contributed by atoms with van der Waals surface area (Å²) in [5.74, 6) is 0.874. The third kappa shape index (κ3) is 2.81. The van der Waals surface area contributed by atoms with Crippen LogP contribution in [0.25, 0.3) is 0 Å². The van der Waals surface area contributed by atoms with Crippen molar-refractivity contribution in [3.8, 4) is 5.75 Å². The molecule has 1 aliphatic heterocycles. The smallest absolute Gasteiger partial charge is 0.118 e. The van der Waals surface area contributed by atoms with Crippen LogP contribution in [0.1, 0.15) is 50.7 Å². The van der Waals surface area contributed by atoms with Crippen molar-refractivity contribution in [2.45, 2.75) is 58.2 Å². The van der Waals surface area contributed by atoms with Gasteiger partial charge < -0.3 is 9.84 Å². The van der Waals surface area contributed by atoms with Crippen LogP contribution in [0.2, 0.25) is 0 Å². The molecule has 2 unspecified atom stereocenters. The van der Waals surface area contributed by atoms with E-state index in [1.807, 2.05) is 19.1 Å². The molecule has 0 spiro atoms. The Kier molecular flexibility index (Phi) is 3.17. The second-order valence-corrected chi connectivity index (χ2v) is 5.73. The van der Waals surface area contributed by atoms with Crippen molar-refractivity contribution in [3.05, 3.63) is 29.3 Å². The van der Waals surface area contributed by atoms with Crippen molar-refractivity contribution in [1.29, 1.82) is 0 Å². The van der Waals surface area contributed by atoms with Gasteiger partial charge in [0.15, 0.2) is 0 Å². The van der Waals surface area contributed by atoms with Gasteiger partial charge in [0.1, 0.15) is 5.75 Å². The lowest BCUT2D eigenvalue weighted by atomic mass is 9.93. The van der Waals surface area contributed by atoms with E-state index < -0.39 is 0 Å². The number of hydrogen-bond acceptors (Lipinski definition) is 2. The standard InChI is InChI=1S/C15H22O2/c1-10(6-8-14-15(3,4)17-14)12-7-5-11(2)13(16)9-12/h5,7,9-10,14,16H,6,8H2,1-4H3. The maximum absolute atomic E-state index is 9.70. The van der Waals surface area contributed by atoms with Gasteiger partial charge in [0.2, 0.25) is 0 Å². The number of phenols is 1. The molecule has 0 radical (unpaired) electrons. The zero-order chi connectivity index (χ0) is 12.6. The van der Waals surface area contributed by atoms with Gasteiger partial charge in [-0.3, -0.25) is 0 Å². The Morgan fingerprint density at radius 1 is 1.41 bits per heavy atom. The van der Waals surface area contributed by atoms with Crippen LogP contribution in [0.3, 0.4) is 0 Å². The van der Waals surface area contributed by atoms with Gasteiger partial charge in [-0.15, -0.1) is 0 Å². The van der Waals surface area contributed by atoms with Gasteiger partial charge >= 0.3 is 0 Å². The Balaban J connectivity index is 1.91. The molecular weight excluding hydrogens is 212 g/mol. The average Bonchev–Trinajstić information content (AvgIpc) is 2.87. The zero-order valence-corrected chi connectivity index (χ0v) is 11.2. The Hall–Kier alpha value is -1.02. The third-order valence-corrected chi connectivity index (χ3v) is 3.83. The molecule has 1 aromatic rings. The summed E-state index contributed by atoms with van der Waals surface area (Å²) in [6, 6.07) is 5.98. The van der Waals surface area contributed by atoms with E-state index in [1.54, 1.807) is 0 Å². The summed E-state index contributed by atoms with van der Waals surface area (Å²) in [6.45, 7) is 8.41. The molecule has 2 atom stereocenters. The molecule has 1 aliphatic rings. The summed E-state index contributed by atoms with van der Waals surface area (Å²) < 4.78 is 5.58. The molecule has 2 heteroatoms. The second kappa shape index (κ2) is 4.34. The Bertz CT molecular complexity index is 409. The van der Waals surface area contributed by atoms with Gasteiger partial charge in [-0.2, -0.15) is 0 Å². The van der Waals surface area contributed by atoms with Gasteiger partial charge in [-0.25, -0.2) is 0 Å². The van der Waals surface area contributed by atoms with E-state index in [2.05, 4.69) is 26.8 Å². The minimum absolute atomic E-state index is 0.0924. The fourth-order valence-corrected chi connectivity index (χ4v) is 2.24. The summed E-state index contributed by atoms with van der Waals surface area (Å²) in [7, 11) is 0. The summed E-state index contributed by atoms with van der Waals surface area (Å²) in [4.78, 5) is 0. The first kappa shape index (κ1) is 12.4. The monoisotopic (exact) mass is 234 g/mol. The van der Waals surface area contributed by atoms with Crippen molar-refractivity contribution in [1.82, 2.24) is 0 Å². The first-order valence-corrected chi connectivity index (χ1v) is 6.37. The first-order valence-electron chi connectivity index (χ1n) is 6.37. The fourth-order valence-electron chi connectivity index (χ4n) is 2.24. The van der Waals surface area contributed by atoms with E-state index in [1.165, 1.54) is 5.56 Å². The highest BCUT2D eigenvalue weighted by molar-refractivity contribution is 5.36. The molecule has 1 N–H and O–H groups in total. The van der Waals surface area contributed by atoms with Crippen LogP contribution in [0, 0.1) is 6.92 Å². The van der Waals surface area contributed by atoms with Gasteiger partial charge in [0.25, 0.3) is 0 Å². The van der Waals surface area contributed by atoms with Crippen LogP contribution in [-0.4, -0.2) is 16.8 Å². The molecule has 94 valence electrons. The maximum Gasteiger partial charge on any atom is 0.118 e. The molecule has 0 aromatic heterocycles. The van der Waals surface area contributed by atoms with Crippen molar-refractivity contribution in [2.24, 2.45) is 0 Å². The number of rotatable bonds is 4. The number of aryl methyl sites for hydroxylation is 1. The predicted molar refractivity (Wildman–Crippen MR) is 69.4 cm³/mol. The molecule has 2 nitrogen and oxygen atoms in total. The molecule has 2 rings (SSSR count). The van der Waals surface area contributed by atoms with Crippen molar-refractivity contribution < 1.29 is 9.84 Å². The fraction of sp³-hybridized carbons (Fsp3) is 0.600. The van der Waals surface area contributed by atoms with E-state index in [0.29, 0.717) is 17.8 Å². The van der Waals surface area contributed by atoms with E-state index >= 15 is 0 Å². The van der Waals surface area contributed by atoms with Crippen LogP contribution in [0.5, 0.6) is 5.75 Å². The first-order chi connectivity index (χ1) is 7.90. The van der Waals surface area contributed by atoms with Crippen molar-refractivity contribution in [2.75, 3.05) is 0 Å². The van der Waals surface area contributed by atoms with Crippen LogP contribution in [0.15, 0.2) is 18.2 Å². The van der Waals surface area contributed by atoms with Crippen LogP contribution < -0.4 is 0 Å². The highest BCUT2D eigenvalue weighted by atomic mass is 16.6. The number of hydrogen-bond donors (Lipinski definition) is 1. The van der Waals surface area contributed by atoms with Gasteiger partial charge in [-0.05, 0) is 56.7 Å². The quantitative estimate of drug-likeness (QED) is 0.804. The summed E-state index contributed by atoms with van der Waals surface area (Å²) in [6.07, 6.45) is 2.63. The molecule has 0 amide bonds. The Labute approximate surface area is 104 Å². The topological polar surface area (TPSA) is 32.8 Å². The number of epoxide rings is 1. The van der Waals surface area contributed by atoms with E-state index in [9.17, 15) is 5.11 Å². The minimum Gasteiger partial charge on any atom is -0.508 e. The molecule has 1 heterocycles. The maximum atomic E-state index is 9.70. The number of aromatic hydroxyl groups is 1. The largest absolute Gasteiger partial charge is 0.508 e. The summed E-state index contributed by atoms with van der Waals surface area (Å²) in [5.41, 5.74) is 2.24. The normalized spacial score (nSPS) is 23.4.